The van der Waals surface area contributed by atoms with Gasteiger partial charge in [-0.2, -0.15) is 0 Å². The van der Waals surface area contributed by atoms with Crippen molar-refractivity contribution in [1.29, 1.82) is 0 Å². The van der Waals surface area contributed by atoms with Crippen LogP contribution in [0.5, 0.6) is 11.5 Å². The van der Waals surface area contributed by atoms with E-state index >= 15 is 0 Å². The normalized spacial score (nSPS) is 13.9. The van der Waals surface area contributed by atoms with E-state index in [0.717, 1.165) is 40.8 Å². The summed E-state index contributed by atoms with van der Waals surface area (Å²) >= 11 is 0. The van der Waals surface area contributed by atoms with Gasteiger partial charge in [0.25, 0.3) is 0 Å². The molecular weight excluding hydrogens is 264 g/mol. The minimum absolute atomic E-state index is 0.204. The average molecular weight is 282 g/mol. The Hall–Kier alpha value is -2.29. The molecule has 108 valence electrons. The van der Waals surface area contributed by atoms with E-state index in [1.54, 1.807) is 12.1 Å². The van der Waals surface area contributed by atoms with Crippen LogP contribution in [-0.4, -0.2) is 10.9 Å². The molecule has 1 aliphatic carbocycles. The first-order valence-corrected chi connectivity index (χ1v) is 7.21. The number of fused-ring (bicyclic) bond motifs is 1. The second kappa shape index (κ2) is 5.60. The Bertz CT molecular complexity index is 689. The molecule has 1 N–H and O–H groups in total. The van der Waals surface area contributed by atoms with E-state index < -0.39 is 0 Å². The molecule has 0 bridgehead atoms. The summed E-state index contributed by atoms with van der Waals surface area (Å²) in [4.78, 5) is 11.9. The van der Waals surface area contributed by atoms with Crippen molar-refractivity contribution in [3.8, 4) is 11.5 Å². The molecule has 0 radical (unpaired) electrons. The Labute approximate surface area is 124 Å². The van der Waals surface area contributed by atoms with Crippen molar-refractivity contribution < 1.29 is 14.6 Å². The lowest BCUT2D eigenvalue weighted by Gasteiger charge is -2.19. The van der Waals surface area contributed by atoms with E-state index in [4.69, 9.17) is 4.74 Å². The van der Waals surface area contributed by atoms with Gasteiger partial charge in [-0.3, -0.25) is 4.79 Å². The summed E-state index contributed by atoms with van der Waals surface area (Å²) in [5.41, 5.74) is 3.85. The summed E-state index contributed by atoms with van der Waals surface area (Å²) < 4.78 is 5.91. The van der Waals surface area contributed by atoms with Crippen LogP contribution in [0.15, 0.2) is 36.4 Å². The first-order valence-electron chi connectivity index (χ1n) is 7.21. The number of Topliss-reactive ketones (excluding diaryl/α,β-unsaturated/α-hetero) is 1. The van der Waals surface area contributed by atoms with E-state index in [1.165, 1.54) is 0 Å². The second-order valence-electron chi connectivity index (χ2n) is 5.46. The van der Waals surface area contributed by atoms with Crippen LogP contribution in [0.4, 0.5) is 0 Å². The van der Waals surface area contributed by atoms with E-state index in [9.17, 15) is 9.90 Å². The lowest BCUT2D eigenvalue weighted by atomic mass is 9.90. The second-order valence-corrected chi connectivity index (χ2v) is 5.46. The molecule has 0 aliphatic heterocycles. The van der Waals surface area contributed by atoms with Crippen LogP contribution in [0, 0.1) is 6.92 Å². The fourth-order valence-electron chi connectivity index (χ4n) is 2.75. The van der Waals surface area contributed by atoms with Gasteiger partial charge in [0, 0.05) is 17.5 Å². The minimum atomic E-state index is 0.204. The number of aromatic hydroxyl groups is 1. The zero-order chi connectivity index (χ0) is 14.8. The molecule has 0 amide bonds. The quantitative estimate of drug-likeness (QED) is 0.931. The lowest BCUT2D eigenvalue weighted by molar-refractivity contribution is 0.0971. The maximum absolute atomic E-state index is 11.9. The van der Waals surface area contributed by atoms with Gasteiger partial charge in [0.15, 0.2) is 5.78 Å². The van der Waals surface area contributed by atoms with Gasteiger partial charge in [0.2, 0.25) is 0 Å². The maximum atomic E-state index is 11.9. The Kier molecular flexibility index (Phi) is 3.65. The molecule has 3 rings (SSSR count). The highest BCUT2D eigenvalue weighted by molar-refractivity contribution is 5.99. The molecule has 0 heterocycles. The Balaban J connectivity index is 1.84. The highest BCUT2D eigenvalue weighted by Gasteiger charge is 2.20. The first-order chi connectivity index (χ1) is 10.1. The van der Waals surface area contributed by atoms with Crippen molar-refractivity contribution in [3.05, 3.63) is 58.7 Å². The van der Waals surface area contributed by atoms with Gasteiger partial charge in [-0.25, -0.2) is 0 Å². The fraction of sp³-hybridized carbons (Fsp3) is 0.278. The molecule has 0 saturated heterocycles. The van der Waals surface area contributed by atoms with Crippen molar-refractivity contribution >= 4 is 5.78 Å². The molecule has 0 aromatic heterocycles. The van der Waals surface area contributed by atoms with Gasteiger partial charge in [-0.1, -0.05) is 18.2 Å². The summed E-state index contributed by atoms with van der Waals surface area (Å²) in [5, 5.41) is 9.56. The number of rotatable bonds is 3. The number of ether oxygens (including phenoxy) is 1. The van der Waals surface area contributed by atoms with Crippen molar-refractivity contribution in [2.75, 3.05) is 0 Å². The highest BCUT2D eigenvalue weighted by Crippen LogP contribution is 2.30. The van der Waals surface area contributed by atoms with Crippen LogP contribution in [0.25, 0.3) is 0 Å². The van der Waals surface area contributed by atoms with Gasteiger partial charge in [0.1, 0.15) is 18.1 Å². The molecule has 2 aromatic carbocycles. The predicted molar refractivity (Wildman–Crippen MR) is 80.9 cm³/mol. The van der Waals surface area contributed by atoms with Gasteiger partial charge in [-0.15, -0.1) is 0 Å². The van der Waals surface area contributed by atoms with E-state index in [2.05, 4.69) is 0 Å². The molecule has 0 unspecified atom stereocenters. The molecule has 21 heavy (non-hydrogen) atoms. The van der Waals surface area contributed by atoms with Crippen LogP contribution in [0.3, 0.4) is 0 Å². The van der Waals surface area contributed by atoms with Gasteiger partial charge < -0.3 is 9.84 Å². The largest absolute Gasteiger partial charge is 0.508 e. The number of carbonyl (C=O) groups excluding carboxylic acids is 1. The molecule has 0 spiro atoms. The van der Waals surface area contributed by atoms with Gasteiger partial charge in [0.05, 0.1) is 0 Å². The van der Waals surface area contributed by atoms with Crippen molar-refractivity contribution in [2.24, 2.45) is 0 Å². The topological polar surface area (TPSA) is 46.5 Å². The lowest BCUT2D eigenvalue weighted by Crippen LogP contribution is -2.12. The van der Waals surface area contributed by atoms with Crippen LogP contribution < -0.4 is 4.74 Å². The fourth-order valence-corrected chi connectivity index (χ4v) is 2.75. The maximum Gasteiger partial charge on any atom is 0.163 e. The number of hydrogen-bond acceptors (Lipinski definition) is 3. The Morgan fingerprint density at radius 2 is 2.05 bits per heavy atom. The van der Waals surface area contributed by atoms with Gasteiger partial charge >= 0.3 is 0 Å². The van der Waals surface area contributed by atoms with Gasteiger partial charge in [-0.05, 0) is 49.1 Å². The van der Waals surface area contributed by atoms with Crippen LogP contribution in [0.2, 0.25) is 0 Å². The monoisotopic (exact) mass is 282 g/mol. The molecule has 1 aliphatic rings. The zero-order valence-corrected chi connectivity index (χ0v) is 12.1. The number of phenols is 1. The van der Waals surface area contributed by atoms with Crippen molar-refractivity contribution in [1.82, 2.24) is 0 Å². The summed E-state index contributed by atoms with van der Waals surface area (Å²) in [6.45, 7) is 2.38. The number of aryl methyl sites for hydroxylation is 1. The number of carbonyl (C=O) groups is 1. The third-order valence-corrected chi connectivity index (χ3v) is 3.98. The number of benzene rings is 2. The number of hydrogen-bond donors (Lipinski definition) is 1. The number of phenolic OH excluding ortho intramolecular Hbond substituents is 1. The molecule has 3 heteroatoms. The molecular formula is C18H18O3. The first kappa shape index (κ1) is 13.7. The molecule has 0 saturated carbocycles. The third kappa shape index (κ3) is 2.77. The molecule has 0 fully saturated rings. The molecule has 3 nitrogen and oxygen atoms in total. The average Bonchev–Trinajstić information content (AvgIpc) is 2.49. The summed E-state index contributed by atoms with van der Waals surface area (Å²) in [6, 6.07) is 10.9. The van der Waals surface area contributed by atoms with E-state index in [1.807, 2.05) is 31.2 Å². The standard InChI is InChI=1S/C18H18O3/c1-12-8-9-14(19)10-13(12)11-21-18-7-3-4-15-16(18)5-2-6-17(15)20/h3-4,7-10,19H,2,5-6,11H2,1H3. The van der Waals surface area contributed by atoms with Crippen molar-refractivity contribution in [2.45, 2.75) is 32.8 Å². The Morgan fingerprint density at radius 3 is 2.90 bits per heavy atom. The molecule has 2 aromatic rings. The van der Waals surface area contributed by atoms with Crippen molar-refractivity contribution in [3.63, 3.8) is 0 Å². The summed E-state index contributed by atoms with van der Waals surface area (Å²) in [7, 11) is 0. The number of ketones is 1. The molecule has 0 atom stereocenters. The van der Waals surface area contributed by atoms with Crippen LogP contribution in [0.1, 0.15) is 39.9 Å². The highest BCUT2D eigenvalue weighted by atomic mass is 16.5. The van der Waals surface area contributed by atoms with E-state index in [0.29, 0.717) is 13.0 Å². The predicted octanol–water partition coefficient (Wildman–Crippen LogP) is 3.80. The smallest absolute Gasteiger partial charge is 0.163 e. The zero-order valence-electron chi connectivity index (χ0n) is 12.1. The minimum Gasteiger partial charge on any atom is -0.508 e. The van der Waals surface area contributed by atoms with E-state index in [-0.39, 0.29) is 11.5 Å². The Morgan fingerprint density at radius 1 is 1.19 bits per heavy atom. The van der Waals surface area contributed by atoms with Crippen LogP contribution >= 0.6 is 0 Å². The van der Waals surface area contributed by atoms with Crippen LogP contribution in [-0.2, 0) is 13.0 Å². The summed E-state index contributed by atoms with van der Waals surface area (Å²) in [6.07, 6.45) is 2.40. The summed E-state index contributed by atoms with van der Waals surface area (Å²) in [5.74, 6) is 1.22. The third-order valence-electron chi connectivity index (χ3n) is 3.98. The SMILES string of the molecule is Cc1ccc(O)cc1COc1cccc2c1CCCC2=O.